The maximum Gasteiger partial charge on any atom is 0.309 e. The summed E-state index contributed by atoms with van der Waals surface area (Å²) in [5, 5.41) is 6.60. The van der Waals surface area contributed by atoms with E-state index in [4.69, 9.17) is 4.74 Å². The van der Waals surface area contributed by atoms with Crippen LogP contribution in [0.4, 0.5) is 0 Å². The van der Waals surface area contributed by atoms with Crippen LogP contribution < -0.4 is 0 Å². The monoisotopic (exact) mass is 301 g/mol. The molecule has 7 nitrogen and oxygen atoms in total. The van der Waals surface area contributed by atoms with Gasteiger partial charge in [0.05, 0.1) is 24.4 Å². The molecule has 0 radical (unpaired) electrons. The Labute approximate surface area is 118 Å². The molecule has 1 N–H and O–H groups in total. The SMILES string of the molecule is COC(=O)[C@H]1CCCN(S(=O)(=O)c2c(C)n[nH]c2C)C1. The van der Waals surface area contributed by atoms with Gasteiger partial charge in [-0.3, -0.25) is 9.89 Å². The van der Waals surface area contributed by atoms with Crippen LogP contribution in [0.15, 0.2) is 4.90 Å². The van der Waals surface area contributed by atoms with Gasteiger partial charge in [0.15, 0.2) is 0 Å². The topological polar surface area (TPSA) is 92.4 Å². The summed E-state index contributed by atoms with van der Waals surface area (Å²) in [6.07, 6.45) is 1.30. The lowest BCUT2D eigenvalue weighted by atomic mass is 10.0. The van der Waals surface area contributed by atoms with E-state index in [2.05, 4.69) is 10.2 Å². The first-order chi connectivity index (χ1) is 9.37. The van der Waals surface area contributed by atoms with Gasteiger partial charge in [-0.1, -0.05) is 0 Å². The summed E-state index contributed by atoms with van der Waals surface area (Å²) >= 11 is 0. The van der Waals surface area contributed by atoms with Crippen molar-refractivity contribution >= 4 is 16.0 Å². The van der Waals surface area contributed by atoms with E-state index >= 15 is 0 Å². The minimum absolute atomic E-state index is 0.166. The standard InChI is InChI=1S/C12H19N3O4S/c1-8-11(9(2)14-13-8)20(17,18)15-6-4-5-10(7-15)12(16)19-3/h10H,4-7H2,1-3H3,(H,13,14)/t10-/m0/s1. The number of carbonyl (C=O) groups excluding carboxylic acids is 1. The lowest BCUT2D eigenvalue weighted by Gasteiger charge is -2.30. The van der Waals surface area contributed by atoms with E-state index in [1.165, 1.54) is 11.4 Å². The Morgan fingerprint density at radius 2 is 2.15 bits per heavy atom. The molecule has 0 unspecified atom stereocenters. The molecule has 1 saturated heterocycles. The second-order valence-electron chi connectivity index (χ2n) is 4.99. The molecule has 0 amide bonds. The molecule has 0 bridgehead atoms. The molecule has 1 aliphatic heterocycles. The van der Waals surface area contributed by atoms with Gasteiger partial charge in [0.2, 0.25) is 10.0 Å². The van der Waals surface area contributed by atoms with Gasteiger partial charge in [0, 0.05) is 13.1 Å². The van der Waals surface area contributed by atoms with Gasteiger partial charge in [0.1, 0.15) is 4.90 Å². The zero-order valence-electron chi connectivity index (χ0n) is 11.8. The number of nitrogens with zero attached hydrogens (tertiary/aromatic N) is 2. The maximum atomic E-state index is 12.7. The van der Waals surface area contributed by atoms with Crippen LogP contribution in [-0.2, 0) is 19.6 Å². The molecule has 2 heterocycles. The number of methoxy groups -OCH3 is 1. The minimum atomic E-state index is -3.62. The van der Waals surface area contributed by atoms with Crippen molar-refractivity contribution in [2.45, 2.75) is 31.6 Å². The van der Waals surface area contributed by atoms with E-state index in [1.807, 2.05) is 0 Å². The number of sulfonamides is 1. The third-order valence-corrected chi connectivity index (χ3v) is 5.71. The molecule has 0 aromatic carbocycles. The van der Waals surface area contributed by atoms with Crippen LogP contribution in [0.2, 0.25) is 0 Å². The summed E-state index contributed by atoms with van der Waals surface area (Å²) in [6, 6.07) is 0. The summed E-state index contributed by atoms with van der Waals surface area (Å²) < 4.78 is 31.4. The second kappa shape index (κ2) is 5.53. The predicted molar refractivity (Wildman–Crippen MR) is 71.6 cm³/mol. The van der Waals surface area contributed by atoms with E-state index in [0.29, 0.717) is 30.8 Å². The number of esters is 1. The molecule has 1 aromatic heterocycles. The Morgan fingerprint density at radius 1 is 1.45 bits per heavy atom. The number of carbonyl (C=O) groups is 1. The summed E-state index contributed by atoms with van der Waals surface area (Å²) in [4.78, 5) is 11.8. The van der Waals surface area contributed by atoms with Gasteiger partial charge in [-0.05, 0) is 26.7 Å². The fourth-order valence-electron chi connectivity index (χ4n) is 2.57. The van der Waals surface area contributed by atoms with Crippen molar-refractivity contribution in [1.82, 2.24) is 14.5 Å². The molecule has 1 fully saturated rings. The molecule has 0 saturated carbocycles. The van der Waals surface area contributed by atoms with E-state index in [0.717, 1.165) is 0 Å². The van der Waals surface area contributed by atoms with Crippen molar-refractivity contribution in [3.05, 3.63) is 11.4 Å². The van der Waals surface area contributed by atoms with Crippen molar-refractivity contribution in [1.29, 1.82) is 0 Å². The first-order valence-corrected chi connectivity index (χ1v) is 7.91. The molecule has 8 heteroatoms. The van der Waals surface area contributed by atoms with Crippen LogP contribution in [0.25, 0.3) is 0 Å². The third-order valence-electron chi connectivity index (χ3n) is 3.58. The number of hydrogen-bond acceptors (Lipinski definition) is 5. The fraction of sp³-hybridized carbons (Fsp3) is 0.667. The Balaban J connectivity index is 2.28. The minimum Gasteiger partial charge on any atom is -0.469 e. The van der Waals surface area contributed by atoms with Crippen molar-refractivity contribution in [3.8, 4) is 0 Å². The molecule has 2 rings (SSSR count). The molecule has 1 atom stereocenters. The number of aromatic amines is 1. The van der Waals surface area contributed by atoms with E-state index in [1.54, 1.807) is 13.8 Å². The summed E-state index contributed by atoms with van der Waals surface area (Å²) in [5.74, 6) is -0.749. The third kappa shape index (κ3) is 2.57. The largest absolute Gasteiger partial charge is 0.469 e. The van der Waals surface area contributed by atoms with Crippen molar-refractivity contribution in [3.63, 3.8) is 0 Å². The van der Waals surface area contributed by atoms with Gasteiger partial charge in [-0.25, -0.2) is 8.42 Å². The lowest BCUT2D eigenvalue weighted by molar-refractivity contribution is -0.146. The number of aryl methyl sites for hydroxylation is 2. The van der Waals surface area contributed by atoms with Crippen molar-refractivity contribution < 1.29 is 17.9 Å². The number of rotatable bonds is 3. The van der Waals surface area contributed by atoms with Crippen LogP contribution in [0.3, 0.4) is 0 Å². The Hall–Kier alpha value is -1.41. The highest BCUT2D eigenvalue weighted by atomic mass is 32.2. The molecule has 0 aliphatic carbocycles. The summed E-state index contributed by atoms with van der Waals surface area (Å²) in [6.45, 7) is 3.91. The van der Waals surface area contributed by atoms with Crippen molar-refractivity contribution in [2.75, 3.05) is 20.2 Å². The number of H-pyrrole nitrogens is 1. The average molecular weight is 301 g/mol. The average Bonchev–Trinajstić information content (AvgIpc) is 2.78. The number of aromatic nitrogens is 2. The first kappa shape index (κ1) is 15.0. The smallest absolute Gasteiger partial charge is 0.309 e. The van der Waals surface area contributed by atoms with E-state index < -0.39 is 15.9 Å². The van der Waals surface area contributed by atoms with E-state index in [-0.39, 0.29) is 17.4 Å². The normalized spacial score (nSPS) is 20.9. The molecule has 1 aliphatic rings. The van der Waals surface area contributed by atoms with Gasteiger partial charge >= 0.3 is 5.97 Å². The van der Waals surface area contributed by atoms with Gasteiger partial charge in [-0.15, -0.1) is 0 Å². The first-order valence-electron chi connectivity index (χ1n) is 6.47. The van der Waals surface area contributed by atoms with Crippen LogP contribution in [0, 0.1) is 19.8 Å². The Kier molecular flexibility index (Phi) is 4.14. The van der Waals surface area contributed by atoms with Crippen LogP contribution in [0.1, 0.15) is 24.2 Å². The van der Waals surface area contributed by atoms with Gasteiger partial charge in [0.25, 0.3) is 0 Å². The number of hydrogen-bond donors (Lipinski definition) is 1. The Bertz CT molecular complexity index is 589. The molecule has 1 aromatic rings. The fourth-order valence-corrected chi connectivity index (χ4v) is 4.42. The van der Waals surface area contributed by atoms with Crippen LogP contribution in [-0.4, -0.2) is 49.1 Å². The summed E-state index contributed by atoms with van der Waals surface area (Å²) in [7, 11) is -2.30. The highest BCUT2D eigenvalue weighted by Crippen LogP contribution is 2.27. The Morgan fingerprint density at radius 3 is 2.70 bits per heavy atom. The highest BCUT2D eigenvalue weighted by molar-refractivity contribution is 7.89. The number of nitrogens with one attached hydrogen (secondary N) is 1. The van der Waals surface area contributed by atoms with Gasteiger partial charge < -0.3 is 4.74 Å². The number of ether oxygens (including phenoxy) is 1. The quantitative estimate of drug-likeness (QED) is 0.825. The molecule has 20 heavy (non-hydrogen) atoms. The van der Waals surface area contributed by atoms with Gasteiger partial charge in [-0.2, -0.15) is 9.40 Å². The summed E-state index contributed by atoms with van der Waals surface area (Å²) in [5.41, 5.74) is 0.963. The van der Waals surface area contributed by atoms with Crippen molar-refractivity contribution in [2.24, 2.45) is 5.92 Å². The predicted octanol–water partition coefficient (Wildman–Crippen LogP) is 0.600. The highest BCUT2D eigenvalue weighted by Gasteiger charge is 2.36. The zero-order valence-corrected chi connectivity index (χ0v) is 12.7. The molecule has 0 spiro atoms. The lowest BCUT2D eigenvalue weighted by Crippen LogP contribution is -2.42. The maximum absolute atomic E-state index is 12.7. The molecular formula is C12H19N3O4S. The number of piperidine rings is 1. The second-order valence-corrected chi connectivity index (χ2v) is 6.86. The van der Waals surface area contributed by atoms with Crippen LogP contribution >= 0.6 is 0 Å². The zero-order chi connectivity index (χ0) is 14.9. The van der Waals surface area contributed by atoms with Crippen LogP contribution in [0.5, 0.6) is 0 Å². The van der Waals surface area contributed by atoms with E-state index in [9.17, 15) is 13.2 Å². The molecule has 112 valence electrons. The molecular weight excluding hydrogens is 282 g/mol.